The Labute approximate surface area is 222 Å². The molecule has 0 radical (unpaired) electrons. The molecule has 9 nitrogen and oxygen atoms in total. The van der Waals surface area contributed by atoms with Crippen molar-refractivity contribution < 1.29 is 55.7 Å². The molecule has 0 aromatic carbocycles. The molecule has 2 N–H and O–H groups in total. The number of carboxylic acids is 2. The van der Waals surface area contributed by atoms with E-state index in [2.05, 4.69) is 22.0 Å². The van der Waals surface area contributed by atoms with Crippen molar-refractivity contribution in [3.8, 4) is 0 Å². The predicted molar refractivity (Wildman–Crippen MR) is 125 cm³/mol. The van der Waals surface area contributed by atoms with Gasteiger partial charge in [0.25, 0.3) is 5.91 Å². The van der Waals surface area contributed by atoms with E-state index in [1.54, 1.807) is 0 Å². The fourth-order valence-corrected chi connectivity index (χ4v) is 4.44. The lowest BCUT2D eigenvalue weighted by Crippen LogP contribution is -2.48. The van der Waals surface area contributed by atoms with Gasteiger partial charge in [0.1, 0.15) is 0 Å². The number of rotatable bonds is 3. The second kappa shape index (κ2) is 14.2. The number of carboxylic acid groups (broad SMARTS) is 2. The standard InChI is InChI=1S/C19H23N3O2S.2C2HF3O2/c23-19(18-2-1-11-25-18)22-8-5-16-13-21(9-10-24-17(16)14-22)12-15-3-6-20-7-4-15;2*3-2(4,5)1(6)7/h1-4,6-7,11,16-17H,5,8-10,12-14H2;2*(H,6,7)/t16-,17-;;/m1../s1. The van der Waals surface area contributed by atoms with Crippen LogP contribution < -0.4 is 0 Å². The van der Waals surface area contributed by atoms with Crippen LogP contribution in [0.5, 0.6) is 0 Å². The van der Waals surface area contributed by atoms with Crippen LogP contribution in [0.4, 0.5) is 26.3 Å². The molecule has 0 unspecified atom stereocenters. The molecular formula is C23H25F6N3O6S. The van der Waals surface area contributed by atoms with Crippen LogP contribution in [-0.2, 0) is 20.9 Å². The monoisotopic (exact) mass is 585 g/mol. The fourth-order valence-electron chi connectivity index (χ4n) is 3.75. The van der Waals surface area contributed by atoms with Crippen molar-refractivity contribution in [2.24, 2.45) is 5.92 Å². The van der Waals surface area contributed by atoms with Crippen molar-refractivity contribution in [3.63, 3.8) is 0 Å². The molecule has 0 spiro atoms. The highest BCUT2D eigenvalue weighted by atomic mass is 32.1. The number of carbonyl (C=O) groups excluding carboxylic acids is 1. The van der Waals surface area contributed by atoms with Gasteiger partial charge in [-0.25, -0.2) is 9.59 Å². The zero-order chi connectivity index (χ0) is 29.2. The Morgan fingerprint density at radius 1 is 0.974 bits per heavy atom. The molecule has 2 aliphatic rings. The summed E-state index contributed by atoms with van der Waals surface area (Å²) in [6.07, 6.45) is -5.31. The number of amides is 1. The normalized spacial score (nSPS) is 19.8. The van der Waals surface area contributed by atoms with E-state index in [1.165, 1.54) is 16.9 Å². The van der Waals surface area contributed by atoms with Gasteiger partial charge in [-0.05, 0) is 35.6 Å². The van der Waals surface area contributed by atoms with Gasteiger partial charge >= 0.3 is 24.3 Å². The van der Waals surface area contributed by atoms with E-state index in [1.807, 2.05) is 34.8 Å². The number of halogens is 6. The lowest BCUT2D eigenvalue weighted by atomic mass is 9.93. The van der Waals surface area contributed by atoms with Gasteiger partial charge < -0.3 is 19.8 Å². The van der Waals surface area contributed by atoms with Gasteiger partial charge in [0, 0.05) is 51.0 Å². The lowest BCUT2D eigenvalue weighted by molar-refractivity contribution is -0.193. The number of nitrogens with zero attached hydrogens (tertiary/aromatic N) is 3. The van der Waals surface area contributed by atoms with Crippen LogP contribution in [0.25, 0.3) is 0 Å². The van der Waals surface area contributed by atoms with E-state index in [0.29, 0.717) is 12.5 Å². The first-order valence-electron chi connectivity index (χ1n) is 11.3. The zero-order valence-corrected chi connectivity index (χ0v) is 21.0. The van der Waals surface area contributed by atoms with E-state index >= 15 is 0 Å². The second-order valence-electron chi connectivity index (χ2n) is 8.38. The number of pyridine rings is 1. The molecule has 216 valence electrons. The van der Waals surface area contributed by atoms with Gasteiger partial charge in [0.2, 0.25) is 0 Å². The third-order valence-electron chi connectivity index (χ3n) is 5.59. The Kier molecular flexibility index (Phi) is 11.7. The first kappa shape index (κ1) is 32.0. The average Bonchev–Trinajstić information content (AvgIpc) is 3.32. The number of likely N-dealkylation sites (tertiary alicyclic amines) is 1. The van der Waals surface area contributed by atoms with Crippen LogP contribution in [0.2, 0.25) is 0 Å². The summed E-state index contributed by atoms with van der Waals surface area (Å²) in [5.74, 6) is -4.87. The maximum absolute atomic E-state index is 12.6. The first-order chi connectivity index (χ1) is 18.2. The maximum atomic E-state index is 12.6. The minimum Gasteiger partial charge on any atom is -0.475 e. The summed E-state index contributed by atoms with van der Waals surface area (Å²) in [7, 11) is 0. The maximum Gasteiger partial charge on any atom is 0.490 e. The highest BCUT2D eigenvalue weighted by Gasteiger charge is 2.39. The van der Waals surface area contributed by atoms with Gasteiger partial charge in [-0.1, -0.05) is 6.07 Å². The largest absolute Gasteiger partial charge is 0.490 e. The Bertz CT molecular complexity index is 1040. The average molecular weight is 586 g/mol. The van der Waals surface area contributed by atoms with Gasteiger partial charge in [-0.15, -0.1) is 11.3 Å². The number of carbonyl (C=O) groups is 3. The summed E-state index contributed by atoms with van der Waals surface area (Å²) >= 11 is 1.51. The summed E-state index contributed by atoms with van der Waals surface area (Å²) in [5, 5.41) is 16.2. The molecule has 1 amide bonds. The molecule has 39 heavy (non-hydrogen) atoms. The molecular weight excluding hydrogens is 560 g/mol. The van der Waals surface area contributed by atoms with Gasteiger partial charge in [-0.3, -0.25) is 14.7 Å². The Morgan fingerprint density at radius 3 is 2.08 bits per heavy atom. The van der Waals surface area contributed by atoms with E-state index in [9.17, 15) is 31.1 Å². The Hall–Kier alpha value is -3.24. The van der Waals surface area contributed by atoms with Crippen molar-refractivity contribution >= 4 is 29.2 Å². The number of fused-ring (bicyclic) bond motifs is 1. The summed E-state index contributed by atoms with van der Waals surface area (Å²) in [4.78, 5) is 39.7. The number of hydrogen-bond acceptors (Lipinski definition) is 7. The Balaban J connectivity index is 0.000000317. The van der Waals surface area contributed by atoms with Crippen LogP contribution in [0.1, 0.15) is 21.7 Å². The Morgan fingerprint density at radius 2 is 1.56 bits per heavy atom. The van der Waals surface area contributed by atoms with Gasteiger partial charge in [0.15, 0.2) is 0 Å². The van der Waals surface area contributed by atoms with Gasteiger partial charge in [-0.2, -0.15) is 26.3 Å². The molecule has 2 aromatic heterocycles. The number of thiophene rings is 1. The molecule has 2 aromatic rings. The molecule has 4 heterocycles. The molecule has 0 saturated carbocycles. The van der Waals surface area contributed by atoms with E-state index in [4.69, 9.17) is 24.5 Å². The summed E-state index contributed by atoms with van der Waals surface area (Å²) in [6.45, 7) is 5.18. The molecule has 2 saturated heterocycles. The number of alkyl halides is 6. The molecule has 0 bridgehead atoms. The zero-order valence-electron chi connectivity index (χ0n) is 20.2. The van der Waals surface area contributed by atoms with Crippen molar-refractivity contribution in [3.05, 3.63) is 52.5 Å². The quantitative estimate of drug-likeness (QED) is 0.523. The van der Waals surface area contributed by atoms with Crippen molar-refractivity contribution in [1.29, 1.82) is 0 Å². The van der Waals surface area contributed by atoms with Crippen molar-refractivity contribution in [2.75, 3.05) is 32.8 Å². The van der Waals surface area contributed by atoms with Crippen LogP contribution >= 0.6 is 11.3 Å². The van der Waals surface area contributed by atoms with Crippen LogP contribution in [0.15, 0.2) is 42.0 Å². The van der Waals surface area contributed by atoms with Gasteiger partial charge in [0.05, 0.1) is 17.6 Å². The molecule has 2 aliphatic heterocycles. The topological polar surface area (TPSA) is 120 Å². The smallest absolute Gasteiger partial charge is 0.475 e. The van der Waals surface area contributed by atoms with E-state index < -0.39 is 24.3 Å². The van der Waals surface area contributed by atoms with Crippen molar-refractivity contribution in [2.45, 2.75) is 31.4 Å². The van der Waals surface area contributed by atoms with Crippen molar-refractivity contribution in [1.82, 2.24) is 14.8 Å². The fraction of sp³-hybridized carbons (Fsp3) is 0.478. The summed E-state index contributed by atoms with van der Waals surface area (Å²) in [5.41, 5.74) is 1.29. The predicted octanol–water partition coefficient (Wildman–Crippen LogP) is 3.77. The summed E-state index contributed by atoms with van der Waals surface area (Å²) in [6, 6.07) is 7.99. The molecule has 0 aliphatic carbocycles. The van der Waals surface area contributed by atoms with E-state index in [0.717, 1.165) is 44.1 Å². The lowest BCUT2D eigenvalue weighted by Gasteiger charge is -2.38. The number of ether oxygens (including phenoxy) is 1. The SMILES string of the molecule is O=C(O)C(F)(F)F.O=C(O)C(F)(F)F.O=C(c1cccs1)N1CC[C@@H]2CN(Cc3ccncc3)CCO[C@@H]2C1. The minimum absolute atomic E-state index is 0.148. The highest BCUT2D eigenvalue weighted by Crippen LogP contribution is 2.26. The number of hydrogen-bond donors (Lipinski definition) is 2. The first-order valence-corrected chi connectivity index (χ1v) is 12.2. The summed E-state index contributed by atoms with van der Waals surface area (Å²) < 4.78 is 69.6. The highest BCUT2D eigenvalue weighted by molar-refractivity contribution is 7.12. The minimum atomic E-state index is -5.08. The molecule has 16 heteroatoms. The van der Waals surface area contributed by atoms with E-state index in [-0.39, 0.29) is 12.0 Å². The molecule has 2 atom stereocenters. The third kappa shape index (κ3) is 10.8. The molecule has 4 rings (SSSR count). The number of aromatic nitrogens is 1. The molecule has 2 fully saturated rings. The second-order valence-corrected chi connectivity index (χ2v) is 9.33. The third-order valence-corrected chi connectivity index (χ3v) is 6.45. The van der Waals surface area contributed by atoms with Crippen LogP contribution in [0, 0.1) is 5.92 Å². The van der Waals surface area contributed by atoms with Crippen LogP contribution in [0.3, 0.4) is 0 Å². The number of aliphatic carboxylic acids is 2. The number of piperidine rings is 1. The van der Waals surface area contributed by atoms with Crippen LogP contribution in [-0.4, -0.2) is 94.1 Å².